The molecular formula is C24H28N4O4S. The fourth-order valence-corrected chi connectivity index (χ4v) is 5.19. The van der Waals surface area contributed by atoms with Gasteiger partial charge in [0.05, 0.1) is 17.1 Å². The van der Waals surface area contributed by atoms with Crippen molar-refractivity contribution >= 4 is 21.6 Å². The minimum Gasteiger partial charge on any atom is -0.360 e. The average Bonchev–Trinajstić information content (AvgIpc) is 3.20. The number of nitrogens with one attached hydrogen (secondary N) is 1. The van der Waals surface area contributed by atoms with Crippen molar-refractivity contribution in [3.05, 3.63) is 76.7 Å². The smallest absolute Gasteiger partial charge is 0.262 e. The van der Waals surface area contributed by atoms with E-state index in [0.717, 1.165) is 17.0 Å². The number of carbonyl (C=O) groups is 1. The molecule has 0 unspecified atom stereocenters. The molecule has 0 bridgehead atoms. The van der Waals surface area contributed by atoms with Crippen LogP contribution in [0.1, 0.15) is 32.9 Å². The number of piperazine rings is 1. The molecule has 8 nitrogen and oxygen atoms in total. The zero-order valence-electron chi connectivity index (χ0n) is 19.0. The quantitative estimate of drug-likeness (QED) is 0.596. The second-order valence-corrected chi connectivity index (χ2v) is 10.1. The molecule has 2 heterocycles. The van der Waals surface area contributed by atoms with Crippen molar-refractivity contribution in [2.75, 3.05) is 30.9 Å². The van der Waals surface area contributed by atoms with Gasteiger partial charge in [0.1, 0.15) is 0 Å². The zero-order valence-corrected chi connectivity index (χ0v) is 19.9. The molecule has 9 heteroatoms. The molecule has 1 saturated heterocycles. The van der Waals surface area contributed by atoms with Gasteiger partial charge in [-0.15, -0.1) is 0 Å². The minimum absolute atomic E-state index is 0.105. The van der Waals surface area contributed by atoms with E-state index >= 15 is 0 Å². The molecule has 174 valence electrons. The Morgan fingerprint density at radius 2 is 1.70 bits per heavy atom. The van der Waals surface area contributed by atoms with Crippen molar-refractivity contribution in [1.82, 2.24) is 15.0 Å². The first kappa shape index (κ1) is 23.0. The van der Waals surface area contributed by atoms with Gasteiger partial charge in [-0.3, -0.25) is 14.4 Å². The van der Waals surface area contributed by atoms with Gasteiger partial charge in [0.15, 0.2) is 5.76 Å². The van der Waals surface area contributed by atoms with Crippen LogP contribution in [0.5, 0.6) is 0 Å². The Morgan fingerprint density at radius 3 is 2.33 bits per heavy atom. The summed E-state index contributed by atoms with van der Waals surface area (Å²) in [7, 11) is -3.83. The highest BCUT2D eigenvalue weighted by Crippen LogP contribution is 2.22. The van der Waals surface area contributed by atoms with E-state index in [1.54, 1.807) is 36.1 Å². The highest BCUT2D eigenvalue weighted by molar-refractivity contribution is 7.92. The highest BCUT2D eigenvalue weighted by atomic mass is 32.2. The SMILES string of the molecule is Cc1ccc(NS(=O)(=O)c2cc(C(=O)N3CCN(Cc4cc(C)no4)CC3)ccc2C)cc1. The van der Waals surface area contributed by atoms with Crippen LogP contribution in [0, 0.1) is 20.8 Å². The van der Waals surface area contributed by atoms with E-state index in [0.29, 0.717) is 49.5 Å². The van der Waals surface area contributed by atoms with Crippen LogP contribution in [0.25, 0.3) is 0 Å². The molecule has 0 saturated carbocycles. The maximum Gasteiger partial charge on any atom is 0.262 e. The van der Waals surface area contributed by atoms with Gasteiger partial charge in [-0.25, -0.2) is 8.42 Å². The van der Waals surface area contributed by atoms with Crippen LogP contribution in [0.15, 0.2) is 57.9 Å². The first-order valence-electron chi connectivity index (χ1n) is 10.9. The number of amides is 1. The number of anilines is 1. The molecule has 0 atom stereocenters. The van der Waals surface area contributed by atoms with Crippen molar-refractivity contribution < 1.29 is 17.7 Å². The van der Waals surface area contributed by atoms with Crippen LogP contribution < -0.4 is 4.72 Å². The molecule has 1 aliphatic rings. The minimum atomic E-state index is -3.83. The molecular weight excluding hydrogens is 440 g/mol. The lowest BCUT2D eigenvalue weighted by Crippen LogP contribution is -2.48. The number of aryl methyl sites for hydroxylation is 3. The van der Waals surface area contributed by atoms with Crippen LogP contribution in [-0.2, 0) is 16.6 Å². The van der Waals surface area contributed by atoms with Crippen molar-refractivity contribution in [3.63, 3.8) is 0 Å². The van der Waals surface area contributed by atoms with Crippen molar-refractivity contribution in [2.45, 2.75) is 32.2 Å². The number of hydrogen-bond donors (Lipinski definition) is 1. The summed E-state index contributed by atoms with van der Waals surface area (Å²) in [6.45, 7) is 8.73. The molecule has 1 aromatic heterocycles. The molecule has 33 heavy (non-hydrogen) atoms. The number of rotatable bonds is 6. The molecule has 1 aliphatic heterocycles. The summed E-state index contributed by atoms with van der Waals surface area (Å²) in [6.07, 6.45) is 0. The van der Waals surface area contributed by atoms with Crippen LogP contribution in [0.3, 0.4) is 0 Å². The lowest BCUT2D eigenvalue weighted by molar-refractivity contribution is 0.0617. The summed E-state index contributed by atoms with van der Waals surface area (Å²) in [6, 6.07) is 13.9. The van der Waals surface area contributed by atoms with Crippen molar-refractivity contribution in [1.29, 1.82) is 0 Å². The summed E-state index contributed by atoms with van der Waals surface area (Å²) >= 11 is 0. The Labute approximate surface area is 194 Å². The summed E-state index contributed by atoms with van der Waals surface area (Å²) in [4.78, 5) is 17.2. The van der Waals surface area contributed by atoms with E-state index in [1.165, 1.54) is 6.07 Å². The second kappa shape index (κ2) is 9.36. The van der Waals surface area contributed by atoms with Gasteiger partial charge < -0.3 is 9.42 Å². The van der Waals surface area contributed by atoms with E-state index in [1.807, 2.05) is 32.0 Å². The predicted molar refractivity (Wildman–Crippen MR) is 126 cm³/mol. The van der Waals surface area contributed by atoms with Crippen LogP contribution in [-0.4, -0.2) is 55.5 Å². The molecule has 1 amide bonds. The van der Waals surface area contributed by atoms with Gasteiger partial charge >= 0.3 is 0 Å². The van der Waals surface area contributed by atoms with Gasteiger partial charge in [0.25, 0.3) is 15.9 Å². The Hall–Kier alpha value is -3.17. The lowest BCUT2D eigenvalue weighted by atomic mass is 10.1. The molecule has 1 N–H and O–H groups in total. The second-order valence-electron chi connectivity index (χ2n) is 8.45. The van der Waals surface area contributed by atoms with Gasteiger partial charge in [-0.2, -0.15) is 0 Å². The Balaban J connectivity index is 1.44. The standard InChI is InChI=1S/C24H28N4O4S/c1-17-4-8-21(9-5-17)26-33(30,31)23-15-20(7-6-18(23)2)24(29)28-12-10-27(11-13-28)16-22-14-19(3)25-32-22/h4-9,14-15,26H,10-13,16H2,1-3H3. The Bertz CT molecular complexity index is 1240. The third kappa shape index (κ3) is 5.43. The van der Waals surface area contributed by atoms with Crippen LogP contribution >= 0.6 is 0 Å². The first-order valence-corrected chi connectivity index (χ1v) is 12.3. The summed E-state index contributed by atoms with van der Waals surface area (Å²) in [5, 5.41) is 3.91. The highest BCUT2D eigenvalue weighted by Gasteiger charge is 2.25. The Kier molecular flexibility index (Phi) is 6.53. The van der Waals surface area contributed by atoms with E-state index < -0.39 is 10.0 Å². The number of carbonyl (C=O) groups excluding carboxylic acids is 1. The van der Waals surface area contributed by atoms with E-state index in [4.69, 9.17) is 4.52 Å². The molecule has 0 aliphatic carbocycles. The van der Waals surface area contributed by atoms with E-state index in [2.05, 4.69) is 14.8 Å². The summed E-state index contributed by atoms with van der Waals surface area (Å²) in [5.41, 5.74) is 3.32. The van der Waals surface area contributed by atoms with Crippen molar-refractivity contribution in [3.8, 4) is 0 Å². The normalized spacial score (nSPS) is 14.9. The lowest BCUT2D eigenvalue weighted by Gasteiger charge is -2.34. The fourth-order valence-electron chi connectivity index (χ4n) is 3.86. The number of aromatic nitrogens is 1. The molecule has 4 rings (SSSR count). The van der Waals surface area contributed by atoms with Gasteiger partial charge in [-0.05, 0) is 50.6 Å². The average molecular weight is 469 g/mol. The topological polar surface area (TPSA) is 95.8 Å². The van der Waals surface area contributed by atoms with Gasteiger partial charge in [0.2, 0.25) is 0 Å². The molecule has 0 radical (unpaired) electrons. The third-order valence-electron chi connectivity index (χ3n) is 5.74. The van der Waals surface area contributed by atoms with Gasteiger partial charge in [0, 0.05) is 43.5 Å². The number of benzene rings is 2. The third-order valence-corrected chi connectivity index (χ3v) is 7.27. The maximum atomic E-state index is 13.1. The predicted octanol–water partition coefficient (Wildman–Crippen LogP) is 3.36. The zero-order chi connectivity index (χ0) is 23.6. The van der Waals surface area contributed by atoms with Gasteiger partial charge in [-0.1, -0.05) is 28.9 Å². The summed E-state index contributed by atoms with van der Waals surface area (Å²) in [5.74, 6) is 0.638. The number of nitrogens with zero attached hydrogens (tertiary/aromatic N) is 3. The molecule has 1 fully saturated rings. The number of sulfonamides is 1. The van der Waals surface area contributed by atoms with Crippen LogP contribution in [0.4, 0.5) is 5.69 Å². The van der Waals surface area contributed by atoms with E-state index in [-0.39, 0.29) is 10.8 Å². The summed E-state index contributed by atoms with van der Waals surface area (Å²) < 4.78 is 33.9. The molecule has 3 aromatic rings. The Morgan fingerprint density at radius 1 is 1.00 bits per heavy atom. The molecule has 2 aromatic carbocycles. The molecule has 0 spiro atoms. The van der Waals surface area contributed by atoms with Crippen LogP contribution in [0.2, 0.25) is 0 Å². The number of hydrogen-bond acceptors (Lipinski definition) is 6. The van der Waals surface area contributed by atoms with E-state index in [9.17, 15) is 13.2 Å². The largest absolute Gasteiger partial charge is 0.360 e. The van der Waals surface area contributed by atoms with Crippen molar-refractivity contribution in [2.24, 2.45) is 0 Å². The first-order chi connectivity index (χ1) is 15.7. The maximum absolute atomic E-state index is 13.1. The monoisotopic (exact) mass is 468 g/mol. The fraction of sp³-hybridized carbons (Fsp3) is 0.333.